The maximum Gasteiger partial charge on any atom is 0.0418 e. The van der Waals surface area contributed by atoms with Crippen LogP contribution in [0, 0.1) is 0 Å². The van der Waals surface area contributed by atoms with Crippen molar-refractivity contribution in [3.63, 3.8) is 0 Å². The van der Waals surface area contributed by atoms with Crippen LogP contribution in [0.2, 0.25) is 0 Å². The number of hydrogen-bond donors (Lipinski definition) is 2. The first-order chi connectivity index (χ1) is 9.18. The fraction of sp³-hybridized carbons (Fsp3) is 0.625. The molecule has 0 bridgehead atoms. The molecule has 2 N–H and O–H groups in total. The van der Waals surface area contributed by atoms with Crippen LogP contribution in [0.25, 0.3) is 0 Å². The van der Waals surface area contributed by atoms with E-state index >= 15 is 0 Å². The molecule has 0 aliphatic carbocycles. The number of aryl methyl sites for hydroxylation is 1. The SMILES string of the molecule is CC(C)N(C)CCNCc1cccc2c1NCCC2. The van der Waals surface area contributed by atoms with E-state index in [1.165, 1.54) is 29.7 Å². The van der Waals surface area contributed by atoms with Crippen LogP contribution in [0.15, 0.2) is 18.2 Å². The number of likely N-dealkylation sites (N-methyl/N-ethyl adjacent to an activating group) is 1. The zero-order chi connectivity index (χ0) is 13.7. The zero-order valence-electron chi connectivity index (χ0n) is 12.5. The normalized spacial score (nSPS) is 14.6. The Labute approximate surface area is 117 Å². The Balaban J connectivity index is 1.83. The van der Waals surface area contributed by atoms with E-state index in [9.17, 15) is 0 Å². The Bertz CT molecular complexity index is 401. The molecule has 1 aliphatic heterocycles. The number of hydrogen-bond acceptors (Lipinski definition) is 3. The quantitative estimate of drug-likeness (QED) is 0.770. The van der Waals surface area contributed by atoms with Crippen molar-refractivity contribution in [1.29, 1.82) is 0 Å². The van der Waals surface area contributed by atoms with Gasteiger partial charge in [0.1, 0.15) is 0 Å². The van der Waals surface area contributed by atoms with Gasteiger partial charge in [-0.15, -0.1) is 0 Å². The van der Waals surface area contributed by atoms with E-state index in [1.807, 2.05) is 0 Å². The minimum absolute atomic E-state index is 0.618. The van der Waals surface area contributed by atoms with Gasteiger partial charge >= 0.3 is 0 Å². The summed E-state index contributed by atoms with van der Waals surface area (Å²) in [6.45, 7) is 8.68. The minimum atomic E-state index is 0.618. The van der Waals surface area contributed by atoms with Crippen molar-refractivity contribution < 1.29 is 0 Å². The molecule has 0 saturated heterocycles. The van der Waals surface area contributed by atoms with Gasteiger partial charge in [0.05, 0.1) is 0 Å². The Morgan fingerprint density at radius 3 is 3.00 bits per heavy atom. The second-order valence-electron chi connectivity index (χ2n) is 5.73. The van der Waals surface area contributed by atoms with Gasteiger partial charge in [-0.3, -0.25) is 0 Å². The average Bonchev–Trinajstić information content (AvgIpc) is 2.43. The van der Waals surface area contributed by atoms with E-state index in [0.717, 1.165) is 26.2 Å². The van der Waals surface area contributed by atoms with E-state index in [-0.39, 0.29) is 0 Å². The molecule has 0 amide bonds. The van der Waals surface area contributed by atoms with Crippen molar-refractivity contribution >= 4 is 5.69 Å². The molecule has 0 aromatic heterocycles. The van der Waals surface area contributed by atoms with Gasteiger partial charge in [-0.25, -0.2) is 0 Å². The molecule has 0 atom stereocenters. The summed E-state index contributed by atoms with van der Waals surface area (Å²) >= 11 is 0. The van der Waals surface area contributed by atoms with E-state index in [4.69, 9.17) is 0 Å². The molecular weight excluding hydrogens is 234 g/mol. The second kappa shape index (κ2) is 6.92. The summed E-state index contributed by atoms with van der Waals surface area (Å²) in [5, 5.41) is 7.10. The Kier molecular flexibility index (Phi) is 5.23. The molecule has 3 nitrogen and oxygen atoms in total. The molecule has 0 unspecified atom stereocenters. The first-order valence-corrected chi connectivity index (χ1v) is 7.44. The van der Waals surface area contributed by atoms with Crippen LogP contribution >= 0.6 is 0 Å². The number of benzene rings is 1. The van der Waals surface area contributed by atoms with Crippen molar-refractivity contribution in [2.75, 3.05) is 32.0 Å². The molecular formula is C16H27N3. The first-order valence-electron chi connectivity index (χ1n) is 7.44. The first kappa shape index (κ1) is 14.4. The Morgan fingerprint density at radius 1 is 1.37 bits per heavy atom. The average molecular weight is 261 g/mol. The second-order valence-corrected chi connectivity index (χ2v) is 5.73. The maximum absolute atomic E-state index is 3.56. The summed E-state index contributed by atoms with van der Waals surface area (Å²) in [6.07, 6.45) is 2.47. The largest absolute Gasteiger partial charge is 0.385 e. The van der Waals surface area contributed by atoms with Crippen LogP contribution in [0.5, 0.6) is 0 Å². The molecule has 106 valence electrons. The predicted molar refractivity (Wildman–Crippen MR) is 82.7 cm³/mol. The zero-order valence-corrected chi connectivity index (χ0v) is 12.5. The van der Waals surface area contributed by atoms with Crippen molar-refractivity contribution in [3.8, 4) is 0 Å². The molecule has 0 spiro atoms. The smallest absolute Gasteiger partial charge is 0.0418 e. The molecule has 0 saturated carbocycles. The topological polar surface area (TPSA) is 27.3 Å². The molecule has 1 aromatic rings. The molecule has 0 fully saturated rings. The van der Waals surface area contributed by atoms with E-state index in [0.29, 0.717) is 6.04 Å². The summed E-state index contributed by atoms with van der Waals surface area (Å²) in [5.74, 6) is 0. The molecule has 1 aromatic carbocycles. The monoisotopic (exact) mass is 261 g/mol. The highest BCUT2D eigenvalue weighted by Gasteiger charge is 2.11. The van der Waals surface area contributed by atoms with E-state index in [2.05, 4.69) is 54.6 Å². The Hall–Kier alpha value is -1.06. The van der Waals surface area contributed by atoms with Crippen molar-refractivity contribution in [2.24, 2.45) is 0 Å². The number of fused-ring (bicyclic) bond motifs is 1. The molecule has 0 radical (unpaired) electrons. The van der Waals surface area contributed by atoms with Crippen LogP contribution in [0.4, 0.5) is 5.69 Å². The van der Waals surface area contributed by atoms with Crippen LogP contribution in [-0.2, 0) is 13.0 Å². The number of anilines is 1. The third-order valence-electron chi connectivity index (χ3n) is 4.00. The van der Waals surface area contributed by atoms with Crippen molar-refractivity contribution in [1.82, 2.24) is 10.2 Å². The molecule has 2 rings (SSSR count). The molecule has 19 heavy (non-hydrogen) atoms. The van der Waals surface area contributed by atoms with Crippen LogP contribution in [0.1, 0.15) is 31.4 Å². The van der Waals surface area contributed by atoms with Gasteiger partial charge in [-0.2, -0.15) is 0 Å². The van der Waals surface area contributed by atoms with E-state index < -0.39 is 0 Å². The van der Waals surface area contributed by atoms with Crippen molar-refractivity contribution in [2.45, 2.75) is 39.3 Å². The lowest BCUT2D eigenvalue weighted by Gasteiger charge is -2.23. The number of nitrogens with one attached hydrogen (secondary N) is 2. The standard InChI is InChI=1S/C16H27N3/c1-13(2)19(3)11-10-17-12-15-7-4-6-14-8-5-9-18-16(14)15/h4,6-7,13,17-18H,5,8-12H2,1-3H3. The summed E-state index contributed by atoms with van der Waals surface area (Å²) in [6, 6.07) is 7.28. The number of rotatable bonds is 6. The van der Waals surface area contributed by atoms with Gasteiger partial charge in [0.2, 0.25) is 0 Å². The minimum Gasteiger partial charge on any atom is -0.385 e. The molecule has 3 heteroatoms. The summed E-state index contributed by atoms with van der Waals surface area (Å²) in [7, 11) is 2.18. The summed E-state index contributed by atoms with van der Waals surface area (Å²) in [5.41, 5.74) is 4.26. The van der Waals surface area contributed by atoms with Gasteiger partial charge in [-0.1, -0.05) is 18.2 Å². The van der Waals surface area contributed by atoms with Gasteiger partial charge in [0, 0.05) is 37.9 Å². The van der Waals surface area contributed by atoms with Gasteiger partial charge in [-0.05, 0) is 44.9 Å². The lowest BCUT2D eigenvalue weighted by atomic mass is 9.99. The summed E-state index contributed by atoms with van der Waals surface area (Å²) < 4.78 is 0. The molecule has 1 heterocycles. The third kappa shape index (κ3) is 3.95. The third-order valence-corrected chi connectivity index (χ3v) is 4.00. The fourth-order valence-electron chi connectivity index (χ4n) is 2.46. The predicted octanol–water partition coefficient (Wildman–Crippen LogP) is 2.47. The van der Waals surface area contributed by atoms with Gasteiger partial charge < -0.3 is 15.5 Å². The highest BCUT2D eigenvalue weighted by Crippen LogP contribution is 2.25. The van der Waals surface area contributed by atoms with Crippen LogP contribution < -0.4 is 10.6 Å². The fourth-order valence-corrected chi connectivity index (χ4v) is 2.46. The number of para-hydroxylation sites is 1. The van der Waals surface area contributed by atoms with Gasteiger partial charge in [0.15, 0.2) is 0 Å². The van der Waals surface area contributed by atoms with Crippen LogP contribution in [0.3, 0.4) is 0 Å². The van der Waals surface area contributed by atoms with E-state index in [1.54, 1.807) is 0 Å². The lowest BCUT2D eigenvalue weighted by Crippen LogP contribution is -2.33. The number of nitrogens with zero attached hydrogens (tertiary/aromatic N) is 1. The Morgan fingerprint density at radius 2 is 2.21 bits per heavy atom. The molecule has 1 aliphatic rings. The maximum atomic E-state index is 3.56. The highest BCUT2D eigenvalue weighted by atomic mass is 15.1. The highest BCUT2D eigenvalue weighted by molar-refractivity contribution is 5.59. The lowest BCUT2D eigenvalue weighted by molar-refractivity contribution is 0.273. The van der Waals surface area contributed by atoms with Gasteiger partial charge in [0.25, 0.3) is 0 Å². The van der Waals surface area contributed by atoms with Crippen molar-refractivity contribution in [3.05, 3.63) is 29.3 Å². The summed E-state index contributed by atoms with van der Waals surface area (Å²) in [4.78, 5) is 2.37. The van der Waals surface area contributed by atoms with Crippen LogP contribution in [-0.4, -0.2) is 37.6 Å².